The Hall–Kier alpha value is -0.900. The number of aromatic nitrogens is 1. The molecule has 0 unspecified atom stereocenters. The van der Waals surface area contributed by atoms with E-state index < -0.39 is 0 Å². The van der Waals surface area contributed by atoms with Crippen molar-refractivity contribution in [3.05, 3.63) is 15.6 Å². The molecule has 1 heterocycles. The fraction of sp³-hybridized carbons (Fsp3) is 0.692. The summed E-state index contributed by atoms with van der Waals surface area (Å²) in [5.41, 5.74) is 0.956. The molecule has 0 aromatic carbocycles. The van der Waals surface area contributed by atoms with Crippen LogP contribution in [0.3, 0.4) is 0 Å². The first-order valence-corrected chi connectivity index (χ1v) is 7.15. The molecular formula is C13H19NO2S. The van der Waals surface area contributed by atoms with Crippen LogP contribution in [-0.4, -0.2) is 17.6 Å². The van der Waals surface area contributed by atoms with Crippen molar-refractivity contribution < 1.29 is 9.53 Å². The summed E-state index contributed by atoms with van der Waals surface area (Å²) in [6.45, 7) is 4.21. The van der Waals surface area contributed by atoms with Gasteiger partial charge in [-0.1, -0.05) is 25.7 Å². The standard InChI is InChI=1S/C13H19NO2S/c1-3-16-13(15)12-11(14-9(2)17-12)8-10-6-4-5-7-10/h10H,3-8H2,1-2H3. The van der Waals surface area contributed by atoms with Gasteiger partial charge in [-0.25, -0.2) is 9.78 Å². The number of aryl methyl sites for hydroxylation is 1. The number of rotatable bonds is 4. The molecule has 4 heteroatoms. The van der Waals surface area contributed by atoms with Gasteiger partial charge in [-0.2, -0.15) is 0 Å². The number of thiazole rings is 1. The number of nitrogens with zero attached hydrogens (tertiary/aromatic N) is 1. The molecule has 1 aromatic rings. The van der Waals surface area contributed by atoms with Crippen molar-refractivity contribution in [2.24, 2.45) is 5.92 Å². The zero-order chi connectivity index (χ0) is 12.3. The second-order valence-electron chi connectivity index (χ2n) is 4.58. The van der Waals surface area contributed by atoms with Crippen LogP contribution in [-0.2, 0) is 11.2 Å². The van der Waals surface area contributed by atoms with Crippen molar-refractivity contribution in [3.63, 3.8) is 0 Å². The molecule has 0 radical (unpaired) electrons. The Morgan fingerprint density at radius 1 is 1.47 bits per heavy atom. The summed E-state index contributed by atoms with van der Waals surface area (Å²) in [7, 11) is 0. The SMILES string of the molecule is CCOC(=O)c1sc(C)nc1CC1CCCC1. The summed E-state index contributed by atoms with van der Waals surface area (Å²) < 4.78 is 5.08. The number of carbonyl (C=O) groups excluding carboxylic acids is 1. The van der Waals surface area contributed by atoms with E-state index in [1.807, 2.05) is 13.8 Å². The lowest BCUT2D eigenvalue weighted by atomic mass is 10.0. The molecule has 0 atom stereocenters. The van der Waals surface area contributed by atoms with E-state index in [0.717, 1.165) is 22.0 Å². The van der Waals surface area contributed by atoms with Gasteiger partial charge in [0.25, 0.3) is 0 Å². The molecule has 1 aliphatic carbocycles. The maximum Gasteiger partial charge on any atom is 0.350 e. The third-order valence-electron chi connectivity index (χ3n) is 3.22. The Kier molecular flexibility index (Phi) is 4.15. The van der Waals surface area contributed by atoms with Gasteiger partial charge in [0.15, 0.2) is 0 Å². The van der Waals surface area contributed by atoms with Crippen LogP contribution in [0.4, 0.5) is 0 Å². The van der Waals surface area contributed by atoms with Gasteiger partial charge in [0.05, 0.1) is 17.3 Å². The average molecular weight is 253 g/mol. The minimum absolute atomic E-state index is 0.203. The quantitative estimate of drug-likeness (QED) is 0.772. The van der Waals surface area contributed by atoms with Crippen molar-refractivity contribution in [1.29, 1.82) is 0 Å². The highest BCUT2D eigenvalue weighted by Gasteiger charge is 2.22. The van der Waals surface area contributed by atoms with Crippen LogP contribution >= 0.6 is 11.3 Å². The normalized spacial score (nSPS) is 16.4. The van der Waals surface area contributed by atoms with Gasteiger partial charge in [-0.15, -0.1) is 11.3 Å². The first-order valence-electron chi connectivity index (χ1n) is 6.34. The Morgan fingerprint density at radius 3 is 2.82 bits per heavy atom. The molecule has 0 amide bonds. The van der Waals surface area contributed by atoms with E-state index >= 15 is 0 Å². The van der Waals surface area contributed by atoms with Crippen molar-refractivity contribution in [2.45, 2.75) is 46.0 Å². The molecule has 3 nitrogen and oxygen atoms in total. The van der Waals surface area contributed by atoms with Crippen molar-refractivity contribution in [1.82, 2.24) is 4.98 Å². The minimum Gasteiger partial charge on any atom is -0.462 e. The smallest absolute Gasteiger partial charge is 0.350 e. The molecule has 1 aromatic heterocycles. The topological polar surface area (TPSA) is 39.2 Å². The predicted molar refractivity (Wildman–Crippen MR) is 68.5 cm³/mol. The van der Waals surface area contributed by atoms with Gasteiger partial charge in [0.2, 0.25) is 0 Å². The van der Waals surface area contributed by atoms with Gasteiger partial charge in [0.1, 0.15) is 4.88 Å². The first-order chi connectivity index (χ1) is 8.20. The van der Waals surface area contributed by atoms with Crippen LogP contribution < -0.4 is 0 Å². The predicted octanol–water partition coefficient (Wildman–Crippen LogP) is 3.36. The number of hydrogen-bond acceptors (Lipinski definition) is 4. The number of esters is 1. The summed E-state index contributed by atoms with van der Waals surface area (Å²) in [6.07, 6.45) is 6.14. The molecule has 0 aliphatic heterocycles. The third-order valence-corrected chi connectivity index (χ3v) is 4.21. The molecule has 2 rings (SSSR count). The molecule has 0 saturated heterocycles. The van der Waals surface area contributed by atoms with E-state index in [4.69, 9.17) is 4.74 Å². The highest BCUT2D eigenvalue weighted by molar-refractivity contribution is 7.13. The molecule has 94 valence electrons. The van der Waals surface area contributed by atoms with Gasteiger partial charge in [-0.3, -0.25) is 0 Å². The molecule has 0 N–H and O–H groups in total. The van der Waals surface area contributed by atoms with Gasteiger partial charge >= 0.3 is 5.97 Å². The fourth-order valence-corrected chi connectivity index (χ4v) is 3.29. The maximum absolute atomic E-state index is 11.8. The summed E-state index contributed by atoms with van der Waals surface area (Å²) in [6, 6.07) is 0. The Morgan fingerprint density at radius 2 is 2.18 bits per heavy atom. The van der Waals surface area contributed by atoms with Crippen LogP contribution in [0, 0.1) is 12.8 Å². The van der Waals surface area contributed by atoms with Crippen LogP contribution in [0.2, 0.25) is 0 Å². The van der Waals surface area contributed by atoms with Crippen LogP contribution in [0.25, 0.3) is 0 Å². The number of carbonyl (C=O) groups is 1. The van der Waals surface area contributed by atoms with E-state index in [0.29, 0.717) is 12.5 Å². The highest BCUT2D eigenvalue weighted by atomic mass is 32.1. The van der Waals surface area contributed by atoms with Gasteiger partial charge in [0, 0.05) is 0 Å². The largest absolute Gasteiger partial charge is 0.462 e. The molecule has 1 aliphatic rings. The van der Waals surface area contributed by atoms with E-state index in [-0.39, 0.29) is 5.97 Å². The van der Waals surface area contributed by atoms with Crippen molar-refractivity contribution >= 4 is 17.3 Å². The number of hydrogen-bond donors (Lipinski definition) is 0. The van der Waals surface area contributed by atoms with Crippen molar-refractivity contribution in [2.75, 3.05) is 6.61 Å². The van der Waals surface area contributed by atoms with E-state index in [9.17, 15) is 4.79 Å². The van der Waals surface area contributed by atoms with Crippen molar-refractivity contribution in [3.8, 4) is 0 Å². The highest BCUT2D eigenvalue weighted by Crippen LogP contribution is 2.30. The fourth-order valence-electron chi connectivity index (χ4n) is 2.45. The van der Waals surface area contributed by atoms with Gasteiger partial charge in [-0.05, 0) is 26.2 Å². The zero-order valence-electron chi connectivity index (χ0n) is 10.5. The summed E-state index contributed by atoms with van der Waals surface area (Å²) in [4.78, 5) is 17.0. The first kappa shape index (κ1) is 12.6. The zero-order valence-corrected chi connectivity index (χ0v) is 11.3. The lowest BCUT2D eigenvalue weighted by Crippen LogP contribution is -2.08. The van der Waals surface area contributed by atoms with Gasteiger partial charge < -0.3 is 4.74 Å². The molecule has 17 heavy (non-hydrogen) atoms. The van der Waals surface area contributed by atoms with Crippen LogP contribution in [0.15, 0.2) is 0 Å². The molecular weight excluding hydrogens is 234 g/mol. The Labute approximate surface area is 106 Å². The summed E-state index contributed by atoms with van der Waals surface area (Å²) in [5.74, 6) is 0.510. The Balaban J connectivity index is 2.11. The van der Waals surface area contributed by atoms with Crippen LogP contribution in [0.5, 0.6) is 0 Å². The molecule has 1 saturated carbocycles. The van der Waals surface area contributed by atoms with E-state index in [2.05, 4.69) is 4.98 Å². The second kappa shape index (κ2) is 5.63. The maximum atomic E-state index is 11.8. The average Bonchev–Trinajstić information content (AvgIpc) is 2.89. The summed E-state index contributed by atoms with van der Waals surface area (Å²) in [5, 5.41) is 0.959. The minimum atomic E-state index is -0.203. The molecule has 1 fully saturated rings. The van der Waals surface area contributed by atoms with E-state index in [1.165, 1.54) is 37.0 Å². The number of ether oxygens (including phenoxy) is 1. The third kappa shape index (κ3) is 3.06. The lowest BCUT2D eigenvalue weighted by Gasteiger charge is -2.07. The molecule has 0 bridgehead atoms. The van der Waals surface area contributed by atoms with Crippen LogP contribution in [0.1, 0.15) is 53.0 Å². The molecule has 0 spiro atoms. The Bertz CT molecular complexity index is 394. The summed E-state index contributed by atoms with van der Waals surface area (Å²) >= 11 is 1.46. The lowest BCUT2D eigenvalue weighted by molar-refractivity contribution is 0.0530. The second-order valence-corrected chi connectivity index (χ2v) is 5.79. The monoisotopic (exact) mass is 253 g/mol. The van der Waals surface area contributed by atoms with E-state index in [1.54, 1.807) is 0 Å².